The van der Waals surface area contributed by atoms with Crippen molar-refractivity contribution in [1.82, 2.24) is 14.9 Å². The van der Waals surface area contributed by atoms with Crippen LogP contribution in [0.15, 0.2) is 77.4 Å². The molecule has 2 aromatic heterocycles. The van der Waals surface area contributed by atoms with Crippen LogP contribution in [-0.2, 0) is 4.79 Å². The number of amides is 1. The molecule has 0 saturated carbocycles. The first-order valence-electron chi connectivity index (χ1n) is 13.0. The van der Waals surface area contributed by atoms with Gasteiger partial charge in [-0.05, 0) is 105 Å². The van der Waals surface area contributed by atoms with Crippen LogP contribution >= 0.6 is 28.1 Å². The third-order valence-corrected chi connectivity index (χ3v) is 8.09. The lowest BCUT2D eigenvalue weighted by Crippen LogP contribution is -2.29. The number of aromatic nitrogens is 2. The van der Waals surface area contributed by atoms with Crippen LogP contribution in [0.25, 0.3) is 5.69 Å². The predicted octanol–water partition coefficient (Wildman–Crippen LogP) is 7.33. The highest BCUT2D eigenvalue weighted by molar-refractivity contribution is 9.10. The molecule has 8 heteroatoms. The summed E-state index contributed by atoms with van der Waals surface area (Å²) in [7, 11) is 0. The van der Waals surface area contributed by atoms with E-state index in [1.165, 1.54) is 5.56 Å². The van der Waals surface area contributed by atoms with E-state index in [2.05, 4.69) is 86.3 Å². The zero-order valence-corrected chi connectivity index (χ0v) is 25.1. The van der Waals surface area contributed by atoms with Crippen molar-refractivity contribution in [3.05, 3.63) is 106 Å². The summed E-state index contributed by atoms with van der Waals surface area (Å²) in [5.41, 5.74) is 8.25. The fourth-order valence-corrected chi connectivity index (χ4v) is 5.85. The van der Waals surface area contributed by atoms with E-state index in [9.17, 15) is 4.79 Å². The molecule has 200 valence electrons. The van der Waals surface area contributed by atoms with Crippen molar-refractivity contribution in [1.29, 1.82) is 0 Å². The summed E-state index contributed by atoms with van der Waals surface area (Å²) in [6.45, 7) is 10.1. The summed E-state index contributed by atoms with van der Waals surface area (Å²) in [6, 6.07) is 22.4. The number of rotatable bonds is 6. The molecule has 1 aliphatic rings. The zero-order chi connectivity index (χ0) is 27.8. The zero-order valence-electron chi connectivity index (χ0n) is 22.7. The molecule has 6 nitrogen and oxygen atoms in total. The minimum atomic E-state index is -0.141. The first kappa shape index (κ1) is 27.1. The molecule has 2 aromatic carbocycles. The summed E-state index contributed by atoms with van der Waals surface area (Å²) < 4.78 is 3.33. The first-order chi connectivity index (χ1) is 18.7. The van der Waals surface area contributed by atoms with E-state index in [1.807, 2.05) is 57.3 Å². The number of hydrogen-bond donors (Lipinski definition) is 2. The predicted molar refractivity (Wildman–Crippen MR) is 166 cm³/mol. The van der Waals surface area contributed by atoms with Gasteiger partial charge in [-0.25, -0.2) is 0 Å². The Morgan fingerprint density at radius 3 is 2.38 bits per heavy atom. The Labute approximate surface area is 243 Å². The van der Waals surface area contributed by atoms with Gasteiger partial charge in [0.05, 0.1) is 17.8 Å². The van der Waals surface area contributed by atoms with Crippen molar-refractivity contribution < 1.29 is 4.79 Å². The maximum atomic E-state index is 12.3. The van der Waals surface area contributed by atoms with Gasteiger partial charge in [0.1, 0.15) is 0 Å². The molecule has 4 aromatic rings. The molecule has 1 fully saturated rings. The number of nitrogens with zero attached hydrogens (tertiary/aromatic N) is 3. The lowest BCUT2D eigenvalue weighted by molar-refractivity contribution is -0.118. The summed E-state index contributed by atoms with van der Waals surface area (Å²) in [5.74, 6) is -0.0957. The van der Waals surface area contributed by atoms with Gasteiger partial charge in [-0.1, -0.05) is 35.8 Å². The SMILES string of the molecule is Cc1cc(N2C(=S)N[C@H](c3ccccn3)[C@@H]2c2cc(C)n(-c3ccc(Br)cc3)c2C)ccc1NC(=O)C(C)C. The highest BCUT2D eigenvalue weighted by Gasteiger charge is 2.42. The van der Waals surface area contributed by atoms with Gasteiger partial charge in [0.25, 0.3) is 0 Å². The molecule has 0 spiro atoms. The minimum Gasteiger partial charge on any atom is -0.351 e. The van der Waals surface area contributed by atoms with Crippen LogP contribution in [0.3, 0.4) is 0 Å². The molecule has 0 bridgehead atoms. The number of benzene rings is 2. The molecule has 0 radical (unpaired) electrons. The van der Waals surface area contributed by atoms with E-state index in [-0.39, 0.29) is 23.9 Å². The Bertz CT molecular complexity index is 1530. The van der Waals surface area contributed by atoms with Crippen LogP contribution in [0.5, 0.6) is 0 Å². The molecular formula is C31H32BrN5OS. The number of anilines is 2. The quantitative estimate of drug-likeness (QED) is 0.226. The normalized spacial score (nSPS) is 17.0. The molecule has 1 saturated heterocycles. The first-order valence-corrected chi connectivity index (χ1v) is 14.2. The van der Waals surface area contributed by atoms with Gasteiger partial charge in [0.15, 0.2) is 5.11 Å². The fourth-order valence-electron chi connectivity index (χ4n) is 5.24. The minimum absolute atomic E-state index is 0.00214. The van der Waals surface area contributed by atoms with Gasteiger partial charge < -0.3 is 20.1 Å². The molecule has 0 aliphatic carbocycles. The molecule has 1 aliphatic heterocycles. The standard InChI is InChI=1S/C31H32BrN5OS/c1-18(2)30(38)34-26-14-13-24(16-19(26)3)37-29(28(35-31(37)39)27-8-6-7-15-33-27)25-17-20(4)36(21(25)5)23-11-9-22(32)10-12-23/h6-18,28-29H,1-5H3,(H,34,38)(H,35,39)/t28-,29+/m1/s1. The number of halogens is 1. The smallest absolute Gasteiger partial charge is 0.226 e. The maximum Gasteiger partial charge on any atom is 0.226 e. The molecule has 39 heavy (non-hydrogen) atoms. The van der Waals surface area contributed by atoms with Crippen molar-refractivity contribution in [2.24, 2.45) is 5.92 Å². The second kappa shape index (κ2) is 10.9. The van der Waals surface area contributed by atoms with Crippen LogP contribution in [0, 0.1) is 26.7 Å². The molecule has 1 amide bonds. The Balaban J connectivity index is 1.61. The topological polar surface area (TPSA) is 62.2 Å². The van der Waals surface area contributed by atoms with E-state index in [4.69, 9.17) is 17.2 Å². The van der Waals surface area contributed by atoms with Gasteiger partial charge in [0.2, 0.25) is 5.91 Å². The number of thiocarbonyl (C=S) groups is 1. The average molecular weight is 603 g/mol. The van der Waals surface area contributed by atoms with Crippen molar-refractivity contribution in [3.63, 3.8) is 0 Å². The Kier molecular flexibility index (Phi) is 7.60. The lowest BCUT2D eigenvalue weighted by atomic mass is 9.96. The van der Waals surface area contributed by atoms with Crippen molar-refractivity contribution >= 4 is 50.5 Å². The van der Waals surface area contributed by atoms with Crippen molar-refractivity contribution in [2.45, 2.75) is 46.7 Å². The maximum absolute atomic E-state index is 12.3. The molecule has 0 unspecified atom stereocenters. The number of carbonyl (C=O) groups excluding carboxylic acids is 1. The van der Waals surface area contributed by atoms with E-state index in [1.54, 1.807) is 0 Å². The second-order valence-corrected chi connectivity index (χ2v) is 11.6. The van der Waals surface area contributed by atoms with Crippen LogP contribution in [0.2, 0.25) is 0 Å². The van der Waals surface area contributed by atoms with Crippen molar-refractivity contribution in [2.75, 3.05) is 10.2 Å². The third-order valence-electron chi connectivity index (χ3n) is 7.24. The fraction of sp³-hybridized carbons (Fsp3) is 0.258. The van der Waals surface area contributed by atoms with Crippen LogP contribution < -0.4 is 15.5 Å². The second-order valence-electron chi connectivity index (χ2n) is 10.3. The number of pyridine rings is 1. The Morgan fingerprint density at radius 2 is 1.74 bits per heavy atom. The van der Waals surface area contributed by atoms with E-state index in [0.29, 0.717) is 5.11 Å². The van der Waals surface area contributed by atoms with E-state index < -0.39 is 0 Å². The summed E-state index contributed by atoms with van der Waals surface area (Å²) in [5, 5.41) is 7.24. The van der Waals surface area contributed by atoms with Gasteiger partial charge >= 0.3 is 0 Å². The highest BCUT2D eigenvalue weighted by Crippen LogP contribution is 2.44. The van der Waals surface area contributed by atoms with Crippen LogP contribution in [0.1, 0.15) is 54.1 Å². The molecular weight excluding hydrogens is 570 g/mol. The average Bonchev–Trinajstić information content (AvgIpc) is 3.41. The monoisotopic (exact) mass is 601 g/mol. The third kappa shape index (κ3) is 5.23. The molecule has 2 atom stereocenters. The number of carbonyl (C=O) groups is 1. The Morgan fingerprint density at radius 1 is 1.03 bits per heavy atom. The van der Waals surface area contributed by atoms with Gasteiger partial charge in [-0.3, -0.25) is 9.78 Å². The van der Waals surface area contributed by atoms with Crippen LogP contribution in [-0.4, -0.2) is 20.6 Å². The number of aryl methyl sites for hydroxylation is 2. The summed E-state index contributed by atoms with van der Waals surface area (Å²) >= 11 is 9.50. The van der Waals surface area contributed by atoms with E-state index >= 15 is 0 Å². The highest BCUT2D eigenvalue weighted by atomic mass is 79.9. The molecule has 5 rings (SSSR count). The lowest BCUT2D eigenvalue weighted by Gasteiger charge is -2.29. The van der Waals surface area contributed by atoms with E-state index in [0.717, 1.165) is 44.2 Å². The Hall–Kier alpha value is -3.49. The largest absolute Gasteiger partial charge is 0.351 e. The molecule has 2 N–H and O–H groups in total. The number of hydrogen-bond acceptors (Lipinski definition) is 3. The van der Waals surface area contributed by atoms with Crippen molar-refractivity contribution in [3.8, 4) is 5.69 Å². The van der Waals surface area contributed by atoms with Gasteiger partial charge in [-0.2, -0.15) is 0 Å². The van der Waals surface area contributed by atoms with Gasteiger partial charge in [-0.15, -0.1) is 0 Å². The van der Waals surface area contributed by atoms with Crippen LogP contribution in [0.4, 0.5) is 11.4 Å². The summed E-state index contributed by atoms with van der Waals surface area (Å²) in [6.07, 6.45) is 1.82. The number of nitrogens with one attached hydrogen (secondary N) is 2. The van der Waals surface area contributed by atoms with Gasteiger partial charge in [0, 0.05) is 45.0 Å². The summed E-state index contributed by atoms with van der Waals surface area (Å²) in [4.78, 5) is 19.2. The molecule has 3 heterocycles.